The number of rotatable bonds is 4. The van der Waals surface area contributed by atoms with E-state index in [0.29, 0.717) is 29.4 Å². The Bertz CT molecular complexity index is 826. The fraction of sp³-hybridized carbons (Fsp3) is 0.333. The topological polar surface area (TPSA) is 97.6 Å². The molecule has 8 nitrogen and oxygen atoms in total. The lowest BCUT2D eigenvalue weighted by Crippen LogP contribution is -2.46. The van der Waals surface area contributed by atoms with Crippen molar-refractivity contribution in [2.45, 2.75) is 25.9 Å². The van der Waals surface area contributed by atoms with Gasteiger partial charge in [0.1, 0.15) is 6.61 Å². The number of cyclic esters (lactones) is 1. The molecule has 0 saturated carbocycles. The third kappa shape index (κ3) is 2.37. The molecular formula is C15H14N4O4S. The summed E-state index contributed by atoms with van der Waals surface area (Å²) in [4.78, 5) is 31.3. The Morgan fingerprint density at radius 3 is 3.04 bits per heavy atom. The minimum atomic E-state index is -0.477. The van der Waals surface area contributed by atoms with Crippen LogP contribution >= 0.6 is 11.3 Å². The van der Waals surface area contributed by atoms with E-state index in [0.717, 1.165) is 4.88 Å². The minimum absolute atomic E-state index is 0.0714. The van der Waals surface area contributed by atoms with Crippen molar-refractivity contribution < 1.29 is 18.8 Å². The zero-order valence-corrected chi connectivity index (χ0v) is 13.6. The molecule has 0 unspecified atom stereocenters. The summed E-state index contributed by atoms with van der Waals surface area (Å²) in [5.41, 5.74) is 1.03. The van der Waals surface area contributed by atoms with E-state index in [1.165, 1.54) is 16.2 Å². The average Bonchev–Trinajstić information content (AvgIpc) is 3.31. The van der Waals surface area contributed by atoms with Crippen molar-refractivity contribution in [1.82, 2.24) is 20.4 Å². The Morgan fingerprint density at radius 2 is 2.33 bits per heavy atom. The van der Waals surface area contributed by atoms with Crippen LogP contribution in [0.15, 0.2) is 33.3 Å². The summed E-state index contributed by atoms with van der Waals surface area (Å²) in [5.74, 6) is 0.491. The van der Waals surface area contributed by atoms with Gasteiger partial charge in [0, 0.05) is 11.3 Å². The number of hydrogen-bond donors (Lipinski definition) is 1. The van der Waals surface area contributed by atoms with Gasteiger partial charge in [0.25, 0.3) is 0 Å². The van der Waals surface area contributed by atoms with Gasteiger partial charge < -0.3 is 14.6 Å². The van der Waals surface area contributed by atoms with E-state index < -0.39 is 12.0 Å². The third-order valence-electron chi connectivity index (χ3n) is 3.94. The zero-order chi connectivity index (χ0) is 16.7. The van der Waals surface area contributed by atoms with Gasteiger partial charge in [-0.3, -0.25) is 4.90 Å². The Labute approximate surface area is 141 Å². The van der Waals surface area contributed by atoms with E-state index >= 15 is 0 Å². The Kier molecular flexibility index (Phi) is 3.57. The first kappa shape index (κ1) is 14.9. The van der Waals surface area contributed by atoms with Gasteiger partial charge in [-0.05, 0) is 11.4 Å². The second-order valence-electron chi connectivity index (χ2n) is 5.38. The second kappa shape index (κ2) is 5.75. The molecule has 0 bridgehead atoms. The number of esters is 1. The molecular weight excluding hydrogens is 332 g/mol. The van der Waals surface area contributed by atoms with Crippen LogP contribution in [-0.4, -0.2) is 33.6 Å². The van der Waals surface area contributed by atoms with Gasteiger partial charge in [-0.25, -0.2) is 9.59 Å². The molecule has 2 aliphatic heterocycles. The molecule has 2 aliphatic rings. The van der Waals surface area contributed by atoms with Gasteiger partial charge in [0.15, 0.2) is 5.82 Å². The molecule has 2 amide bonds. The molecule has 0 radical (unpaired) electrons. The Balaban J connectivity index is 1.69. The van der Waals surface area contributed by atoms with Gasteiger partial charge in [-0.1, -0.05) is 18.1 Å². The quantitative estimate of drug-likeness (QED) is 0.848. The monoisotopic (exact) mass is 346 g/mol. The molecule has 0 aliphatic carbocycles. The number of aromatic nitrogens is 2. The van der Waals surface area contributed by atoms with E-state index in [2.05, 4.69) is 15.5 Å². The molecule has 1 N–H and O–H groups in total. The highest BCUT2D eigenvalue weighted by molar-refractivity contribution is 7.10. The summed E-state index contributed by atoms with van der Waals surface area (Å²) in [6, 6.07) is 2.97. The van der Waals surface area contributed by atoms with Crippen LogP contribution in [0.25, 0.3) is 0 Å². The summed E-state index contributed by atoms with van der Waals surface area (Å²) in [6.45, 7) is 2.10. The number of thiophene rings is 1. The number of nitrogens with one attached hydrogen (secondary N) is 1. The molecule has 0 saturated heterocycles. The predicted molar refractivity (Wildman–Crippen MR) is 82.8 cm³/mol. The molecule has 0 fully saturated rings. The smallest absolute Gasteiger partial charge is 0.338 e. The van der Waals surface area contributed by atoms with Gasteiger partial charge in [-0.15, -0.1) is 11.3 Å². The number of aryl methyl sites for hydroxylation is 1. The summed E-state index contributed by atoms with van der Waals surface area (Å²) in [5, 5.41) is 8.63. The number of carbonyl (C=O) groups excluding carboxylic acids is 2. The molecule has 124 valence electrons. The van der Waals surface area contributed by atoms with Crippen molar-refractivity contribution in [3.05, 3.63) is 45.4 Å². The fourth-order valence-corrected chi connectivity index (χ4v) is 3.57. The van der Waals surface area contributed by atoms with Crippen molar-refractivity contribution >= 4 is 23.3 Å². The average molecular weight is 346 g/mol. The van der Waals surface area contributed by atoms with Crippen molar-refractivity contribution in [2.24, 2.45) is 0 Å². The maximum atomic E-state index is 12.6. The highest BCUT2D eigenvalue weighted by Gasteiger charge is 2.42. The van der Waals surface area contributed by atoms with E-state index in [-0.39, 0.29) is 19.2 Å². The van der Waals surface area contributed by atoms with E-state index in [4.69, 9.17) is 9.26 Å². The van der Waals surface area contributed by atoms with Crippen molar-refractivity contribution in [3.8, 4) is 0 Å². The van der Waals surface area contributed by atoms with Crippen LogP contribution in [0.2, 0.25) is 0 Å². The highest BCUT2D eigenvalue weighted by atomic mass is 32.1. The maximum absolute atomic E-state index is 12.6. The van der Waals surface area contributed by atoms with Gasteiger partial charge >= 0.3 is 12.0 Å². The van der Waals surface area contributed by atoms with Crippen LogP contribution in [0.4, 0.5) is 4.79 Å². The van der Waals surface area contributed by atoms with Crippen LogP contribution in [0, 0.1) is 0 Å². The second-order valence-corrected chi connectivity index (χ2v) is 6.36. The van der Waals surface area contributed by atoms with E-state index in [1.807, 2.05) is 24.4 Å². The number of nitrogens with zero attached hydrogens (tertiary/aromatic N) is 3. The molecule has 0 aromatic carbocycles. The molecule has 2 aromatic heterocycles. The van der Waals surface area contributed by atoms with Gasteiger partial charge in [0.05, 0.1) is 23.9 Å². The van der Waals surface area contributed by atoms with Crippen LogP contribution < -0.4 is 5.32 Å². The first-order valence-electron chi connectivity index (χ1n) is 7.50. The van der Waals surface area contributed by atoms with Gasteiger partial charge in [-0.2, -0.15) is 4.98 Å². The highest BCUT2D eigenvalue weighted by Crippen LogP contribution is 2.37. The summed E-state index contributed by atoms with van der Waals surface area (Å²) >= 11 is 1.48. The number of amides is 2. The standard InChI is InChI=1S/C15H14N4O4S/c1-2-11-16-10(18-23-11)6-19-8-7-22-14(20)12(8)13(17-15(19)21)9-4-3-5-24-9/h3-5,13H,2,6-7H2,1H3,(H,17,21)/t13-/m0/s1. The SMILES string of the molecule is CCc1nc(CN2C(=O)N[C@@H](c3cccs3)C3=C2COC3=O)no1. The fourth-order valence-electron chi connectivity index (χ4n) is 2.79. The molecule has 1 atom stereocenters. The first-order valence-corrected chi connectivity index (χ1v) is 8.38. The van der Waals surface area contributed by atoms with E-state index in [9.17, 15) is 9.59 Å². The Hall–Kier alpha value is -2.68. The number of carbonyl (C=O) groups is 2. The maximum Gasteiger partial charge on any atom is 0.338 e. The third-order valence-corrected chi connectivity index (χ3v) is 4.88. The normalized spacial score (nSPS) is 20.2. The van der Waals surface area contributed by atoms with Gasteiger partial charge in [0.2, 0.25) is 5.89 Å². The molecule has 2 aromatic rings. The number of urea groups is 1. The Morgan fingerprint density at radius 1 is 1.46 bits per heavy atom. The minimum Gasteiger partial charge on any atom is -0.456 e. The number of ether oxygens (including phenoxy) is 1. The summed E-state index contributed by atoms with van der Waals surface area (Å²) in [7, 11) is 0. The largest absolute Gasteiger partial charge is 0.456 e. The first-order chi connectivity index (χ1) is 11.7. The number of hydrogen-bond acceptors (Lipinski definition) is 7. The van der Waals surface area contributed by atoms with Crippen LogP contribution in [0.1, 0.15) is 29.6 Å². The van der Waals surface area contributed by atoms with Crippen molar-refractivity contribution in [1.29, 1.82) is 0 Å². The van der Waals surface area contributed by atoms with Crippen LogP contribution in [-0.2, 0) is 22.5 Å². The lowest BCUT2D eigenvalue weighted by Gasteiger charge is -2.31. The van der Waals surface area contributed by atoms with Crippen LogP contribution in [0.3, 0.4) is 0 Å². The molecule has 0 spiro atoms. The van der Waals surface area contributed by atoms with Crippen molar-refractivity contribution in [3.63, 3.8) is 0 Å². The zero-order valence-electron chi connectivity index (χ0n) is 12.8. The molecule has 4 rings (SSSR count). The van der Waals surface area contributed by atoms with Crippen LogP contribution in [0.5, 0.6) is 0 Å². The lowest BCUT2D eigenvalue weighted by molar-refractivity contribution is -0.136. The van der Waals surface area contributed by atoms with E-state index in [1.54, 1.807) is 0 Å². The molecule has 24 heavy (non-hydrogen) atoms. The lowest BCUT2D eigenvalue weighted by atomic mass is 10.0. The molecule has 9 heteroatoms. The summed E-state index contributed by atoms with van der Waals surface area (Å²) in [6.07, 6.45) is 0.620. The van der Waals surface area contributed by atoms with Crippen molar-refractivity contribution in [2.75, 3.05) is 6.61 Å². The predicted octanol–water partition coefficient (Wildman–Crippen LogP) is 1.77. The summed E-state index contributed by atoms with van der Waals surface area (Å²) < 4.78 is 10.2. The molecule has 4 heterocycles.